The van der Waals surface area contributed by atoms with Gasteiger partial charge in [-0.3, -0.25) is 4.79 Å². The molecular weight excluding hydrogens is 275 g/mol. The molecule has 1 aromatic carbocycles. The van der Waals surface area contributed by atoms with Crippen molar-refractivity contribution in [2.24, 2.45) is 0 Å². The van der Waals surface area contributed by atoms with Crippen molar-refractivity contribution in [1.29, 1.82) is 0 Å². The quantitative estimate of drug-likeness (QED) is 0.939. The fourth-order valence-corrected chi connectivity index (χ4v) is 3.09. The Balaban J connectivity index is 1.81. The van der Waals surface area contributed by atoms with Gasteiger partial charge < -0.3 is 5.32 Å². The first-order chi connectivity index (χ1) is 9.51. The molecule has 0 atom stereocenters. The van der Waals surface area contributed by atoms with E-state index in [0.29, 0.717) is 5.13 Å². The van der Waals surface area contributed by atoms with E-state index in [9.17, 15) is 9.18 Å². The molecule has 20 heavy (non-hydrogen) atoms. The topological polar surface area (TPSA) is 42.0 Å². The van der Waals surface area contributed by atoms with Gasteiger partial charge in [0.25, 0.3) is 0 Å². The monoisotopic (exact) mass is 290 g/mol. The molecule has 0 saturated heterocycles. The highest BCUT2D eigenvalue weighted by molar-refractivity contribution is 7.15. The minimum atomic E-state index is -0.499. The van der Waals surface area contributed by atoms with Crippen LogP contribution in [0, 0.1) is 19.7 Å². The summed E-state index contributed by atoms with van der Waals surface area (Å²) in [4.78, 5) is 17.9. The second-order valence-corrected chi connectivity index (χ2v) is 6.41. The minimum absolute atomic E-state index is 0.0436. The van der Waals surface area contributed by atoms with Crippen LogP contribution < -0.4 is 5.32 Å². The fourth-order valence-electron chi connectivity index (χ4n) is 2.28. The molecule has 1 N–H and O–H groups in total. The van der Waals surface area contributed by atoms with E-state index in [2.05, 4.69) is 10.3 Å². The van der Waals surface area contributed by atoms with Crippen LogP contribution >= 0.6 is 11.3 Å². The average molecular weight is 290 g/mol. The van der Waals surface area contributed by atoms with Crippen LogP contribution in [0.15, 0.2) is 24.3 Å². The Morgan fingerprint density at radius 1 is 1.30 bits per heavy atom. The van der Waals surface area contributed by atoms with E-state index < -0.39 is 5.41 Å². The summed E-state index contributed by atoms with van der Waals surface area (Å²) in [6.07, 6.45) is 1.60. The zero-order chi connectivity index (χ0) is 14.3. The van der Waals surface area contributed by atoms with Crippen LogP contribution in [0.1, 0.15) is 29.0 Å². The lowest BCUT2D eigenvalue weighted by molar-refractivity contribution is -0.118. The minimum Gasteiger partial charge on any atom is -0.301 e. The number of hydrogen-bond acceptors (Lipinski definition) is 3. The van der Waals surface area contributed by atoms with Gasteiger partial charge in [0.1, 0.15) is 5.82 Å². The van der Waals surface area contributed by atoms with E-state index in [-0.39, 0.29) is 11.7 Å². The summed E-state index contributed by atoms with van der Waals surface area (Å²) in [6, 6.07) is 6.20. The number of nitrogens with one attached hydrogen (secondary N) is 1. The molecule has 0 bridgehead atoms. The number of thiazole rings is 1. The van der Waals surface area contributed by atoms with E-state index in [1.54, 1.807) is 12.1 Å². The maximum atomic E-state index is 13.0. The number of aryl methyl sites for hydroxylation is 2. The maximum Gasteiger partial charge on any atom is 0.236 e. The fraction of sp³-hybridized carbons (Fsp3) is 0.333. The van der Waals surface area contributed by atoms with Gasteiger partial charge in [0, 0.05) is 4.88 Å². The number of benzene rings is 1. The average Bonchev–Trinajstić information content (AvgIpc) is 3.15. The van der Waals surface area contributed by atoms with Crippen molar-refractivity contribution in [3.63, 3.8) is 0 Å². The Morgan fingerprint density at radius 3 is 2.45 bits per heavy atom. The van der Waals surface area contributed by atoms with Gasteiger partial charge in [-0.2, -0.15) is 0 Å². The molecule has 5 heteroatoms. The second kappa shape index (κ2) is 4.66. The molecule has 1 aromatic heterocycles. The summed E-state index contributed by atoms with van der Waals surface area (Å²) in [5.41, 5.74) is 1.32. The van der Waals surface area contributed by atoms with Crippen molar-refractivity contribution in [2.75, 3.05) is 5.32 Å². The SMILES string of the molecule is Cc1nc(NC(=O)C2(c3ccc(F)cc3)CC2)sc1C. The predicted octanol–water partition coefficient (Wildman–Crippen LogP) is 3.57. The van der Waals surface area contributed by atoms with Crippen LogP contribution in [0.4, 0.5) is 9.52 Å². The highest BCUT2D eigenvalue weighted by Gasteiger charge is 2.51. The Kier molecular flexibility index (Phi) is 3.09. The number of amides is 1. The summed E-state index contributed by atoms with van der Waals surface area (Å²) < 4.78 is 13.0. The zero-order valence-corrected chi connectivity index (χ0v) is 12.2. The molecule has 3 rings (SSSR count). The number of anilines is 1. The molecule has 0 aliphatic heterocycles. The molecule has 1 saturated carbocycles. The first-order valence-electron chi connectivity index (χ1n) is 6.53. The zero-order valence-electron chi connectivity index (χ0n) is 11.4. The van der Waals surface area contributed by atoms with Gasteiger partial charge in [0.2, 0.25) is 5.91 Å². The van der Waals surface area contributed by atoms with E-state index in [1.807, 2.05) is 13.8 Å². The predicted molar refractivity (Wildman–Crippen MR) is 77.5 cm³/mol. The highest BCUT2D eigenvalue weighted by Crippen LogP contribution is 2.49. The van der Waals surface area contributed by atoms with E-state index in [4.69, 9.17) is 0 Å². The molecule has 1 amide bonds. The summed E-state index contributed by atoms with van der Waals surface area (Å²) in [6.45, 7) is 3.91. The van der Waals surface area contributed by atoms with Crippen LogP contribution in [0.3, 0.4) is 0 Å². The largest absolute Gasteiger partial charge is 0.301 e. The number of rotatable bonds is 3. The lowest BCUT2D eigenvalue weighted by Gasteiger charge is -2.14. The Morgan fingerprint density at radius 2 is 1.95 bits per heavy atom. The van der Waals surface area contributed by atoms with Crippen molar-refractivity contribution in [3.8, 4) is 0 Å². The van der Waals surface area contributed by atoms with E-state index in [1.165, 1.54) is 23.5 Å². The molecule has 1 aliphatic carbocycles. The van der Waals surface area contributed by atoms with Crippen molar-refractivity contribution in [2.45, 2.75) is 32.1 Å². The van der Waals surface area contributed by atoms with Crippen LogP contribution in [0.5, 0.6) is 0 Å². The number of halogens is 1. The molecule has 0 unspecified atom stereocenters. The van der Waals surface area contributed by atoms with Crippen LogP contribution in [-0.4, -0.2) is 10.9 Å². The molecule has 1 aliphatic rings. The van der Waals surface area contributed by atoms with Crippen molar-refractivity contribution in [3.05, 3.63) is 46.2 Å². The number of aromatic nitrogens is 1. The molecule has 0 spiro atoms. The lowest BCUT2D eigenvalue weighted by Crippen LogP contribution is -2.27. The van der Waals surface area contributed by atoms with Gasteiger partial charge in [0.05, 0.1) is 11.1 Å². The van der Waals surface area contributed by atoms with Crippen LogP contribution in [0.25, 0.3) is 0 Å². The number of carbonyl (C=O) groups excluding carboxylic acids is 1. The van der Waals surface area contributed by atoms with Gasteiger partial charge in [-0.15, -0.1) is 11.3 Å². The molecule has 3 nitrogen and oxygen atoms in total. The molecular formula is C15H15FN2OS. The Hall–Kier alpha value is -1.75. The number of nitrogens with zero attached hydrogens (tertiary/aromatic N) is 1. The third-order valence-corrected chi connectivity index (χ3v) is 4.82. The van der Waals surface area contributed by atoms with Crippen molar-refractivity contribution < 1.29 is 9.18 Å². The van der Waals surface area contributed by atoms with Gasteiger partial charge in [-0.1, -0.05) is 12.1 Å². The first-order valence-corrected chi connectivity index (χ1v) is 7.34. The van der Waals surface area contributed by atoms with Gasteiger partial charge in [-0.05, 0) is 44.4 Å². The summed E-state index contributed by atoms with van der Waals surface area (Å²) in [5, 5.41) is 3.53. The van der Waals surface area contributed by atoms with E-state index in [0.717, 1.165) is 29.0 Å². The van der Waals surface area contributed by atoms with Crippen molar-refractivity contribution >= 4 is 22.4 Å². The summed E-state index contributed by atoms with van der Waals surface area (Å²) >= 11 is 1.48. The van der Waals surface area contributed by atoms with Crippen LogP contribution in [-0.2, 0) is 10.2 Å². The van der Waals surface area contributed by atoms with E-state index >= 15 is 0 Å². The molecule has 0 radical (unpaired) electrons. The highest BCUT2D eigenvalue weighted by atomic mass is 32.1. The molecule has 2 aromatic rings. The summed E-state index contributed by atoms with van der Waals surface area (Å²) in [5.74, 6) is -0.325. The van der Waals surface area contributed by atoms with Gasteiger partial charge >= 0.3 is 0 Å². The Labute approximate surface area is 120 Å². The third-order valence-electron chi connectivity index (χ3n) is 3.83. The smallest absolute Gasteiger partial charge is 0.236 e. The summed E-state index contributed by atoms with van der Waals surface area (Å²) in [7, 11) is 0. The third kappa shape index (κ3) is 2.22. The second-order valence-electron chi connectivity index (χ2n) is 5.20. The molecule has 1 fully saturated rings. The van der Waals surface area contributed by atoms with Gasteiger partial charge in [0.15, 0.2) is 5.13 Å². The normalized spacial score (nSPS) is 15.9. The van der Waals surface area contributed by atoms with Crippen LogP contribution in [0.2, 0.25) is 0 Å². The number of hydrogen-bond donors (Lipinski definition) is 1. The lowest BCUT2D eigenvalue weighted by atomic mass is 9.95. The van der Waals surface area contributed by atoms with Crippen molar-refractivity contribution in [1.82, 2.24) is 4.98 Å². The number of carbonyl (C=O) groups is 1. The molecule has 1 heterocycles. The standard InChI is InChI=1S/C15H15FN2OS/c1-9-10(2)20-14(17-9)18-13(19)15(7-8-15)11-3-5-12(16)6-4-11/h3-6H,7-8H2,1-2H3,(H,17,18,19). The first kappa shape index (κ1) is 13.2. The maximum absolute atomic E-state index is 13.0. The Bertz CT molecular complexity index is 640. The van der Waals surface area contributed by atoms with Gasteiger partial charge in [-0.25, -0.2) is 9.37 Å². The molecule has 104 valence electrons.